The number of nitrogens with one attached hydrogen (secondary N) is 1. The van der Waals surface area contributed by atoms with Crippen LogP contribution in [-0.2, 0) is 0 Å². The van der Waals surface area contributed by atoms with Gasteiger partial charge in [-0.1, -0.05) is 6.07 Å². The molecular formula is C15H12FN3S. The lowest BCUT2D eigenvalue weighted by molar-refractivity contribution is 0.624. The lowest BCUT2D eigenvalue weighted by atomic mass is 10.0. The van der Waals surface area contributed by atoms with Crippen molar-refractivity contribution >= 4 is 23.1 Å². The third-order valence-electron chi connectivity index (χ3n) is 2.85. The molecule has 1 aromatic carbocycles. The van der Waals surface area contributed by atoms with Crippen LogP contribution in [0.25, 0.3) is 16.7 Å². The van der Waals surface area contributed by atoms with Gasteiger partial charge in [0, 0.05) is 33.3 Å². The number of nitrogens with zero attached hydrogens (tertiary/aromatic N) is 1. The number of aryl methyl sites for hydroxylation is 1. The van der Waals surface area contributed by atoms with Gasteiger partial charge in [-0.15, -0.1) is 11.3 Å². The predicted octanol–water partition coefficient (Wildman–Crippen LogP) is 3.68. The molecule has 0 saturated carbocycles. The van der Waals surface area contributed by atoms with Crippen LogP contribution in [0.1, 0.15) is 15.3 Å². The maximum Gasteiger partial charge on any atom is 0.141 e. The minimum Gasteiger partial charge on any atom is -0.404 e. The monoisotopic (exact) mass is 285 g/mol. The van der Waals surface area contributed by atoms with Crippen molar-refractivity contribution in [3.8, 4) is 17.2 Å². The molecule has 0 spiro atoms. The zero-order valence-electron chi connectivity index (χ0n) is 10.8. The van der Waals surface area contributed by atoms with Crippen molar-refractivity contribution in [2.24, 2.45) is 5.73 Å². The second-order valence-electron chi connectivity index (χ2n) is 4.17. The molecule has 2 rings (SSSR count). The summed E-state index contributed by atoms with van der Waals surface area (Å²) >= 11 is 1.50. The number of hydrogen-bond donors (Lipinski definition) is 2. The van der Waals surface area contributed by atoms with E-state index < -0.39 is 5.82 Å². The summed E-state index contributed by atoms with van der Waals surface area (Å²) in [7, 11) is 0. The molecule has 1 heterocycles. The van der Waals surface area contributed by atoms with Crippen LogP contribution in [0.15, 0.2) is 30.5 Å². The number of allylic oxidation sites excluding steroid dienone is 1. The lowest BCUT2D eigenvalue weighted by Gasteiger charge is -2.05. The second-order valence-corrected chi connectivity index (χ2v) is 5.43. The topological polar surface area (TPSA) is 73.7 Å². The Hall–Kier alpha value is -2.45. The van der Waals surface area contributed by atoms with Gasteiger partial charge in [-0.2, -0.15) is 5.26 Å². The highest BCUT2D eigenvalue weighted by Gasteiger charge is 2.13. The molecule has 0 unspecified atom stereocenters. The molecule has 3 nitrogen and oxygen atoms in total. The normalized spacial score (nSPS) is 11.2. The lowest BCUT2D eigenvalue weighted by Crippen LogP contribution is -1.91. The molecule has 100 valence electrons. The first-order valence-corrected chi connectivity index (χ1v) is 6.65. The van der Waals surface area contributed by atoms with E-state index in [2.05, 4.69) is 0 Å². The molecule has 0 amide bonds. The number of hydrogen-bond acceptors (Lipinski definition) is 4. The average molecular weight is 285 g/mol. The van der Waals surface area contributed by atoms with Crippen LogP contribution in [0.5, 0.6) is 0 Å². The summed E-state index contributed by atoms with van der Waals surface area (Å²) in [5.74, 6) is -0.548. The Labute approximate surface area is 120 Å². The van der Waals surface area contributed by atoms with E-state index in [-0.39, 0.29) is 5.56 Å². The summed E-state index contributed by atoms with van der Waals surface area (Å²) in [6, 6.07) is 8.21. The van der Waals surface area contributed by atoms with Crippen LogP contribution in [0, 0.1) is 29.5 Å². The van der Waals surface area contributed by atoms with E-state index in [1.165, 1.54) is 35.9 Å². The summed E-state index contributed by atoms with van der Waals surface area (Å²) in [6.07, 6.45) is 2.54. The smallest absolute Gasteiger partial charge is 0.141 e. The predicted molar refractivity (Wildman–Crippen MR) is 80.1 cm³/mol. The molecule has 3 N–H and O–H groups in total. The quantitative estimate of drug-likeness (QED) is 0.844. The second kappa shape index (κ2) is 5.68. The fraction of sp³-hybridized carbons (Fsp3) is 0.0667. The molecule has 5 heteroatoms. The van der Waals surface area contributed by atoms with Crippen molar-refractivity contribution < 1.29 is 4.39 Å². The van der Waals surface area contributed by atoms with E-state index >= 15 is 0 Å². The molecule has 0 aliphatic heterocycles. The minimum absolute atomic E-state index is 0.0175. The Kier molecular flexibility index (Phi) is 3.97. The van der Waals surface area contributed by atoms with Gasteiger partial charge in [0.05, 0.1) is 5.56 Å². The third kappa shape index (κ3) is 2.46. The summed E-state index contributed by atoms with van der Waals surface area (Å²) in [5, 5.41) is 16.1. The van der Waals surface area contributed by atoms with Crippen molar-refractivity contribution in [1.82, 2.24) is 0 Å². The largest absolute Gasteiger partial charge is 0.404 e. The van der Waals surface area contributed by atoms with Gasteiger partial charge in [-0.3, -0.25) is 0 Å². The van der Waals surface area contributed by atoms with Crippen molar-refractivity contribution in [2.75, 3.05) is 0 Å². The van der Waals surface area contributed by atoms with E-state index in [4.69, 9.17) is 16.4 Å². The Morgan fingerprint density at radius 1 is 1.45 bits per heavy atom. The molecule has 0 atom stereocenters. The van der Waals surface area contributed by atoms with Crippen LogP contribution in [-0.4, -0.2) is 6.21 Å². The zero-order chi connectivity index (χ0) is 14.7. The van der Waals surface area contributed by atoms with Gasteiger partial charge in [0.2, 0.25) is 0 Å². The Bertz CT molecular complexity index is 738. The summed E-state index contributed by atoms with van der Waals surface area (Å²) in [4.78, 5) is 1.87. The van der Waals surface area contributed by atoms with Gasteiger partial charge in [0.15, 0.2) is 0 Å². The SMILES string of the molecule is Cc1cc(-c2ccc(C#N)c(F)c2)c(/C(C=N)=C/N)s1. The highest BCUT2D eigenvalue weighted by molar-refractivity contribution is 7.14. The van der Waals surface area contributed by atoms with Crippen LogP contribution in [0.3, 0.4) is 0 Å². The molecule has 0 saturated heterocycles. The van der Waals surface area contributed by atoms with Crippen LogP contribution in [0.4, 0.5) is 4.39 Å². The first-order chi connectivity index (χ1) is 9.60. The van der Waals surface area contributed by atoms with Gasteiger partial charge < -0.3 is 11.1 Å². The number of nitriles is 1. The van der Waals surface area contributed by atoms with Crippen molar-refractivity contribution in [2.45, 2.75) is 6.92 Å². The summed E-state index contributed by atoms with van der Waals surface area (Å²) < 4.78 is 13.7. The van der Waals surface area contributed by atoms with E-state index in [1.807, 2.05) is 13.0 Å². The van der Waals surface area contributed by atoms with E-state index in [0.717, 1.165) is 15.3 Å². The van der Waals surface area contributed by atoms with Crippen molar-refractivity contribution in [3.05, 3.63) is 51.6 Å². The highest BCUT2D eigenvalue weighted by Crippen LogP contribution is 2.35. The minimum atomic E-state index is -0.548. The standard InChI is InChI=1S/C15H12FN3S/c1-9-4-13(15(20-9)12(7-18)8-19)10-2-3-11(6-17)14(16)5-10/h2-5,7-8,18H,19H2,1H3/b12-8+,18-7?. The number of thiophene rings is 1. The van der Waals surface area contributed by atoms with Crippen LogP contribution < -0.4 is 5.73 Å². The van der Waals surface area contributed by atoms with Gasteiger partial charge in [0.1, 0.15) is 11.9 Å². The molecule has 0 aliphatic rings. The molecule has 0 aliphatic carbocycles. The molecule has 1 aromatic heterocycles. The Morgan fingerprint density at radius 3 is 2.75 bits per heavy atom. The van der Waals surface area contributed by atoms with E-state index in [0.29, 0.717) is 11.1 Å². The molecule has 20 heavy (non-hydrogen) atoms. The average Bonchev–Trinajstić information content (AvgIpc) is 2.82. The summed E-state index contributed by atoms with van der Waals surface area (Å²) in [5.41, 5.74) is 7.61. The number of nitrogens with two attached hydrogens (primary N) is 1. The molecule has 0 fully saturated rings. The first-order valence-electron chi connectivity index (χ1n) is 5.84. The first kappa shape index (κ1) is 14.0. The van der Waals surface area contributed by atoms with Crippen LogP contribution in [0.2, 0.25) is 0 Å². The number of benzene rings is 1. The molecule has 0 radical (unpaired) electrons. The highest BCUT2D eigenvalue weighted by atomic mass is 32.1. The van der Waals surface area contributed by atoms with E-state index in [1.54, 1.807) is 12.1 Å². The van der Waals surface area contributed by atoms with Crippen molar-refractivity contribution in [3.63, 3.8) is 0 Å². The fourth-order valence-corrected chi connectivity index (χ4v) is 2.94. The van der Waals surface area contributed by atoms with Gasteiger partial charge in [-0.05, 0) is 30.7 Å². The van der Waals surface area contributed by atoms with Crippen LogP contribution >= 0.6 is 11.3 Å². The molecule has 2 aromatic rings. The maximum absolute atomic E-state index is 13.7. The Balaban J connectivity index is 2.62. The van der Waals surface area contributed by atoms with Crippen molar-refractivity contribution in [1.29, 1.82) is 10.7 Å². The maximum atomic E-state index is 13.7. The molecular weight excluding hydrogens is 273 g/mol. The van der Waals surface area contributed by atoms with Gasteiger partial charge in [0.25, 0.3) is 0 Å². The van der Waals surface area contributed by atoms with Gasteiger partial charge in [-0.25, -0.2) is 4.39 Å². The van der Waals surface area contributed by atoms with E-state index in [9.17, 15) is 4.39 Å². The number of halogens is 1. The molecule has 0 bridgehead atoms. The fourth-order valence-electron chi connectivity index (χ4n) is 1.91. The zero-order valence-corrected chi connectivity index (χ0v) is 11.6. The Morgan fingerprint density at radius 2 is 2.20 bits per heavy atom. The number of rotatable bonds is 3. The van der Waals surface area contributed by atoms with Gasteiger partial charge >= 0.3 is 0 Å². The third-order valence-corrected chi connectivity index (χ3v) is 3.95. The summed E-state index contributed by atoms with van der Waals surface area (Å²) in [6.45, 7) is 1.94.